The quantitative estimate of drug-likeness (QED) is 0.338. The van der Waals surface area contributed by atoms with E-state index < -0.39 is 0 Å². The molecule has 0 radical (unpaired) electrons. The lowest BCUT2D eigenvalue weighted by Gasteiger charge is -2.11. The average molecular weight is 501 g/mol. The zero-order valence-corrected chi connectivity index (χ0v) is 21.5. The van der Waals surface area contributed by atoms with Crippen LogP contribution in [0.1, 0.15) is 34.2 Å². The van der Waals surface area contributed by atoms with Crippen LogP contribution in [0.15, 0.2) is 84.9 Å². The second-order valence-electron chi connectivity index (χ2n) is 9.96. The molecule has 2 aromatic carbocycles. The minimum absolute atomic E-state index is 0.597. The first kappa shape index (κ1) is 22.5. The lowest BCUT2D eigenvalue weighted by Crippen LogP contribution is -2.16. The predicted molar refractivity (Wildman–Crippen MR) is 146 cm³/mol. The van der Waals surface area contributed by atoms with E-state index in [-0.39, 0.29) is 0 Å². The molecule has 0 N–H and O–H groups in total. The summed E-state index contributed by atoms with van der Waals surface area (Å²) >= 11 is 0. The van der Waals surface area contributed by atoms with Gasteiger partial charge in [0.1, 0.15) is 0 Å². The molecule has 0 amide bonds. The van der Waals surface area contributed by atoms with Crippen LogP contribution in [0.3, 0.4) is 0 Å². The van der Waals surface area contributed by atoms with E-state index in [2.05, 4.69) is 86.3 Å². The van der Waals surface area contributed by atoms with Gasteiger partial charge in [0.15, 0.2) is 0 Å². The first-order valence-corrected chi connectivity index (χ1v) is 12.9. The number of hydrogen-bond acceptors (Lipinski definition) is 4. The molecule has 6 aromatic rings. The molecule has 0 fully saturated rings. The second kappa shape index (κ2) is 8.99. The topological polar surface area (TPSA) is 71.3 Å². The number of aromatic nitrogens is 8. The Hall–Kier alpha value is -4.72. The van der Waals surface area contributed by atoms with E-state index in [1.165, 1.54) is 0 Å². The Morgan fingerprint density at radius 3 is 1.61 bits per heavy atom. The molecular weight excluding hydrogens is 472 g/mol. The highest BCUT2D eigenvalue weighted by Gasteiger charge is 2.19. The van der Waals surface area contributed by atoms with E-state index in [0.29, 0.717) is 26.2 Å². The number of benzene rings is 2. The minimum atomic E-state index is 0.597. The normalized spacial score (nSPS) is 13.1. The van der Waals surface area contributed by atoms with Gasteiger partial charge in [-0.2, -0.15) is 20.4 Å². The first-order chi connectivity index (χ1) is 18.6. The highest BCUT2D eigenvalue weighted by atomic mass is 15.4. The third-order valence-corrected chi connectivity index (χ3v) is 7.13. The van der Waals surface area contributed by atoms with Gasteiger partial charge in [-0.3, -0.25) is 18.7 Å². The first-order valence-electron chi connectivity index (χ1n) is 12.9. The summed E-state index contributed by atoms with van der Waals surface area (Å²) in [6.07, 6.45) is 0. The summed E-state index contributed by atoms with van der Waals surface area (Å²) in [5, 5.41) is 19.9. The van der Waals surface area contributed by atoms with E-state index in [1.54, 1.807) is 0 Å². The molecule has 0 spiro atoms. The summed E-state index contributed by atoms with van der Waals surface area (Å²) in [5.74, 6) is 0. The van der Waals surface area contributed by atoms with Crippen molar-refractivity contribution in [2.75, 3.05) is 0 Å². The Labute approximate surface area is 220 Å². The second-order valence-corrected chi connectivity index (χ2v) is 9.96. The fourth-order valence-electron chi connectivity index (χ4n) is 5.23. The van der Waals surface area contributed by atoms with Crippen molar-refractivity contribution in [3.8, 4) is 22.5 Å². The molecule has 4 aromatic heterocycles. The molecule has 0 saturated heterocycles. The zero-order chi connectivity index (χ0) is 25.6. The van der Waals surface area contributed by atoms with Crippen molar-refractivity contribution in [1.82, 2.24) is 39.1 Å². The van der Waals surface area contributed by atoms with Gasteiger partial charge in [0.25, 0.3) is 0 Å². The Bertz CT molecular complexity index is 1730. The third kappa shape index (κ3) is 4.14. The van der Waals surface area contributed by atoms with Crippen LogP contribution >= 0.6 is 0 Å². The van der Waals surface area contributed by atoms with E-state index in [4.69, 9.17) is 20.4 Å². The number of rotatable bonds is 2. The van der Waals surface area contributed by atoms with Crippen molar-refractivity contribution in [3.05, 3.63) is 119 Å². The summed E-state index contributed by atoms with van der Waals surface area (Å²) in [5.41, 5.74) is 10.5. The summed E-state index contributed by atoms with van der Waals surface area (Å²) < 4.78 is 8.32. The number of fused-ring (bicyclic) bond motifs is 5. The van der Waals surface area contributed by atoms with Gasteiger partial charge in [0.2, 0.25) is 0 Å². The standard InChI is InChI=1S/C30H28N8/c1-21-13-26-19-38-27(15-30(34-38)24-11-7-4-8-12-24)18-35-22(2)14-25(32-35)17-36-28(20-37(26)31-21)16-29(33-36)23-9-5-3-6-10-23/h3-16H,17-20H2,1-2H3. The number of nitrogens with zero attached hydrogens (tertiary/aromatic N) is 8. The van der Waals surface area contributed by atoms with Crippen molar-refractivity contribution < 1.29 is 0 Å². The molecule has 1 aliphatic rings. The molecule has 0 unspecified atom stereocenters. The molecule has 7 rings (SSSR count). The molecule has 0 aliphatic carbocycles. The molecule has 0 saturated carbocycles. The number of aryl methyl sites for hydroxylation is 2. The van der Waals surface area contributed by atoms with Gasteiger partial charge in [-0.1, -0.05) is 60.7 Å². The van der Waals surface area contributed by atoms with Crippen LogP contribution in [0.25, 0.3) is 22.5 Å². The van der Waals surface area contributed by atoms with Gasteiger partial charge in [0.05, 0.1) is 66.0 Å². The largest absolute Gasteiger partial charge is 0.264 e. The molecule has 5 heterocycles. The molecule has 38 heavy (non-hydrogen) atoms. The van der Waals surface area contributed by atoms with Crippen molar-refractivity contribution in [2.24, 2.45) is 0 Å². The molecule has 8 nitrogen and oxygen atoms in total. The lowest BCUT2D eigenvalue weighted by molar-refractivity contribution is 0.543. The van der Waals surface area contributed by atoms with Gasteiger partial charge in [-0.05, 0) is 38.1 Å². The maximum atomic E-state index is 5.04. The minimum Gasteiger partial charge on any atom is -0.264 e. The number of hydrogen-bond donors (Lipinski definition) is 0. The summed E-state index contributed by atoms with van der Waals surface area (Å²) in [4.78, 5) is 0. The molecular formula is C30H28N8. The lowest BCUT2D eigenvalue weighted by atomic mass is 10.1. The Morgan fingerprint density at radius 2 is 1.00 bits per heavy atom. The van der Waals surface area contributed by atoms with Crippen molar-refractivity contribution in [3.63, 3.8) is 0 Å². The van der Waals surface area contributed by atoms with Crippen molar-refractivity contribution in [2.45, 2.75) is 40.0 Å². The monoisotopic (exact) mass is 500 g/mol. The van der Waals surface area contributed by atoms with Crippen LogP contribution in [0, 0.1) is 13.8 Å². The van der Waals surface area contributed by atoms with Crippen LogP contribution in [0.2, 0.25) is 0 Å². The molecule has 2 bridgehead atoms. The van der Waals surface area contributed by atoms with E-state index >= 15 is 0 Å². The SMILES string of the molecule is Cc1cc2n(n1)Cc1cc(-c3ccccc3)nn1Cc1cc(C)n(n1)Cc1cc(-c3ccccc3)nn1C2. The summed E-state index contributed by atoms with van der Waals surface area (Å²) in [6.45, 7) is 6.63. The van der Waals surface area contributed by atoms with Crippen LogP contribution in [-0.2, 0) is 26.2 Å². The molecule has 188 valence electrons. The van der Waals surface area contributed by atoms with Gasteiger partial charge < -0.3 is 0 Å². The Balaban J connectivity index is 1.36. The fourth-order valence-corrected chi connectivity index (χ4v) is 5.23. The van der Waals surface area contributed by atoms with Crippen molar-refractivity contribution in [1.29, 1.82) is 0 Å². The highest BCUT2D eigenvalue weighted by molar-refractivity contribution is 5.60. The van der Waals surface area contributed by atoms with Gasteiger partial charge in [-0.25, -0.2) is 0 Å². The van der Waals surface area contributed by atoms with Crippen LogP contribution in [0.4, 0.5) is 0 Å². The maximum Gasteiger partial charge on any atom is 0.0926 e. The zero-order valence-electron chi connectivity index (χ0n) is 21.5. The van der Waals surface area contributed by atoms with Crippen LogP contribution in [0.5, 0.6) is 0 Å². The highest BCUT2D eigenvalue weighted by Crippen LogP contribution is 2.24. The average Bonchev–Trinajstić information content (AvgIpc) is 3.68. The Morgan fingerprint density at radius 1 is 0.500 bits per heavy atom. The third-order valence-electron chi connectivity index (χ3n) is 7.13. The van der Waals surface area contributed by atoms with Gasteiger partial charge in [-0.15, -0.1) is 0 Å². The predicted octanol–water partition coefficient (Wildman–Crippen LogP) is 4.93. The summed E-state index contributed by atoms with van der Waals surface area (Å²) in [6, 6.07) is 29.3. The maximum absolute atomic E-state index is 5.04. The summed E-state index contributed by atoms with van der Waals surface area (Å²) in [7, 11) is 0. The van der Waals surface area contributed by atoms with E-state index in [9.17, 15) is 0 Å². The smallest absolute Gasteiger partial charge is 0.0926 e. The van der Waals surface area contributed by atoms with E-state index in [0.717, 1.165) is 56.7 Å². The Kier molecular flexibility index (Phi) is 5.32. The van der Waals surface area contributed by atoms with Crippen molar-refractivity contribution >= 4 is 0 Å². The van der Waals surface area contributed by atoms with Crippen LogP contribution in [-0.4, -0.2) is 39.1 Å². The molecule has 1 aliphatic heterocycles. The fraction of sp³-hybridized carbons (Fsp3) is 0.200. The van der Waals surface area contributed by atoms with Crippen LogP contribution < -0.4 is 0 Å². The van der Waals surface area contributed by atoms with Gasteiger partial charge >= 0.3 is 0 Å². The van der Waals surface area contributed by atoms with Gasteiger partial charge in [0, 0.05) is 16.8 Å². The molecule has 0 atom stereocenters. The molecule has 8 heteroatoms. The van der Waals surface area contributed by atoms with E-state index in [1.807, 2.05) is 31.2 Å².